The van der Waals surface area contributed by atoms with E-state index in [4.69, 9.17) is 23.7 Å². The predicted octanol–water partition coefficient (Wildman–Crippen LogP) is 4.27. The lowest BCUT2D eigenvalue weighted by atomic mass is 9.79. The number of ether oxygens (including phenoxy) is 5. The monoisotopic (exact) mass is 519 g/mol. The summed E-state index contributed by atoms with van der Waals surface area (Å²) in [4.78, 5) is 23.9. The van der Waals surface area contributed by atoms with Gasteiger partial charge in [-0.2, -0.15) is 0 Å². The van der Waals surface area contributed by atoms with Gasteiger partial charge in [-0.15, -0.1) is 0 Å². The lowest BCUT2D eigenvalue weighted by molar-refractivity contribution is -0.142. The van der Waals surface area contributed by atoms with Gasteiger partial charge in [0.25, 0.3) is 0 Å². The van der Waals surface area contributed by atoms with Crippen LogP contribution >= 0.6 is 0 Å². The van der Waals surface area contributed by atoms with Crippen LogP contribution in [0.5, 0.6) is 28.7 Å². The molecule has 0 saturated carbocycles. The number of amides is 1. The Labute approximate surface area is 220 Å². The quantitative estimate of drug-likeness (QED) is 0.219. The van der Waals surface area contributed by atoms with E-state index in [1.165, 1.54) is 0 Å². The Hall–Kier alpha value is -4.40. The number of benzene rings is 3. The standard InChI is InChI=1S/C29H29NO8/c1-3-10-35-19-6-7-20-22(12-19)27(21-8-5-18(34-2)13-24(21)36-15-30-14-31)28(29(32)33)26(20)17-4-9-23-25(11-17)38-16-37-23/h4-9,11-14,26-28H,3,10,15-16H2,1-2H3,(H,30,31)(H,32,33). The summed E-state index contributed by atoms with van der Waals surface area (Å²) < 4.78 is 28.3. The molecule has 1 aliphatic carbocycles. The van der Waals surface area contributed by atoms with Crippen LogP contribution in [0.1, 0.15) is 47.4 Å². The SMILES string of the molecule is CCCOc1ccc2c(c1)C(c1ccc(OC)cc1OCNC=O)C(C(=O)O)C2c1ccc2c(c1)OCO2. The van der Waals surface area contributed by atoms with Crippen LogP contribution in [-0.4, -0.2) is 44.7 Å². The van der Waals surface area contributed by atoms with Crippen molar-refractivity contribution in [1.29, 1.82) is 0 Å². The molecule has 3 aromatic carbocycles. The molecule has 3 aromatic rings. The van der Waals surface area contributed by atoms with Gasteiger partial charge < -0.3 is 34.1 Å². The molecule has 3 unspecified atom stereocenters. The van der Waals surface area contributed by atoms with Gasteiger partial charge in [-0.25, -0.2) is 0 Å². The summed E-state index contributed by atoms with van der Waals surface area (Å²) in [5.74, 6) is 0.0222. The Balaban J connectivity index is 1.67. The van der Waals surface area contributed by atoms with Crippen molar-refractivity contribution in [2.45, 2.75) is 25.2 Å². The minimum Gasteiger partial charge on any atom is -0.497 e. The van der Waals surface area contributed by atoms with E-state index in [9.17, 15) is 14.7 Å². The molecule has 3 atom stereocenters. The second-order valence-corrected chi connectivity index (χ2v) is 9.09. The molecule has 2 N–H and O–H groups in total. The predicted molar refractivity (Wildman–Crippen MR) is 137 cm³/mol. The molecule has 0 aromatic heterocycles. The molecule has 1 aliphatic heterocycles. The zero-order valence-electron chi connectivity index (χ0n) is 21.1. The van der Waals surface area contributed by atoms with Gasteiger partial charge in [0, 0.05) is 23.5 Å². The number of carboxylic acid groups (broad SMARTS) is 1. The second-order valence-electron chi connectivity index (χ2n) is 9.09. The van der Waals surface area contributed by atoms with E-state index in [1.807, 2.05) is 49.4 Å². The second kappa shape index (κ2) is 10.9. The molecular weight excluding hydrogens is 490 g/mol. The fourth-order valence-electron chi connectivity index (χ4n) is 5.31. The summed E-state index contributed by atoms with van der Waals surface area (Å²) in [5, 5.41) is 13.1. The zero-order valence-corrected chi connectivity index (χ0v) is 21.1. The van der Waals surface area contributed by atoms with Crippen molar-refractivity contribution in [2.24, 2.45) is 5.92 Å². The lowest BCUT2D eigenvalue weighted by Gasteiger charge is -2.25. The number of carboxylic acids is 1. The summed E-state index contributed by atoms with van der Waals surface area (Å²) in [7, 11) is 1.54. The van der Waals surface area contributed by atoms with E-state index in [-0.39, 0.29) is 13.5 Å². The highest BCUT2D eigenvalue weighted by atomic mass is 16.7. The van der Waals surface area contributed by atoms with E-state index in [2.05, 4.69) is 5.32 Å². The summed E-state index contributed by atoms with van der Waals surface area (Å²) in [6.45, 7) is 2.63. The summed E-state index contributed by atoms with van der Waals surface area (Å²) >= 11 is 0. The van der Waals surface area contributed by atoms with Crippen molar-refractivity contribution in [3.05, 3.63) is 76.9 Å². The highest BCUT2D eigenvalue weighted by Crippen LogP contribution is 2.56. The molecular formula is C29H29NO8. The smallest absolute Gasteiger partial charge is 0.308 e. The molecule has 0 fully saturated rings. The van der Waals surface area contributed by atoms with E-state index in [1.54, 1.807) is 19.2 Å². The van der Waals surface area contributed by atoms with Crippen LogP contribution in [-0.2, 0) is 9.59 Å². The van der Waals surface area contributed by atoms with Crippen LogP contribution < -0.4 is 29.0 Å². The van der Waals surface area contributed by atoms with Crippen molar-refractivity contribution in [3.8, 4) is 28.7 Å². The third-order valence-electron chi connectivity index (χ3n) is 6.91. The van der Waals surface area contributed by atoms with Crippen LogP contribution in [0.2, 0.25) is 0 Å². The largest absolute Gasteiger partial charge is 0.497 e. The number of nitrogens with one attached hydrogen (secondary N) is 1. The van der Waals surface area contributed by atoms with Crippen LogP contribution in [0.4, 0.5) is 0 Å². The van der Waals surface area contributed by atoms with Gasteiger partial charge in [-0.1, -0.05) is 25.1 Å². The Kier molecular flexibility index (Phi) is 7.26. The van der Waals surface area contributed by atoms with Crippen LogP contribution in [0.3, 0.4) is 0 Å². The zero-order chi connectivity index (χ0) is 26.6. The fourth-order valence-corrected chi connectivity index (χ4v) is 5.31. The van der Waals surface area contributed by atoms with E-state index in [0.29, 0.717) is 47.3 Å². The third kappa shape index (κ3) is 4.67. The maximum absolute atomic E-state index is 13.0. The molecule has 0 spiro atoms. The number of hydrogen-bond donors (Lipinski definition) is 2. The van der Waals surface area contributed by atoms with Crippen LogP contribution in [0.25, 0.3) is 0 Å². The number of carbonyl (C=O) groups excluding carboxylic acids is 1. The van der Waals surface area contributed by atoms with Gasteiger partial charge in [0.2, 0.25) is 13.2 Å². The molecule has 0 bridgehead atoms. The minimum absolute atomic E-state index is 0.0772. The van der Waals surface area contributed by atoms with Gasteiger partial charge in [0.05, 0.1) is 19.6 Å². The molecule has 0 saturated heterocycles. The molecule has 38 heavy (non-hydrogen) atoms. The van der Waals surface area contributed by atoms with Crippen LogP contribution in [0, 0.1) is 5.92 Å². The summed E-state index contributed by atoms with van der Waals surface area (Å²) in [6, 6.07) is 16.6. The topological polar surface area (TPSA) is 113 Å². The molecule has 5 rings (SSSR count). The van der Waals surface area contributed by atoms with Crippen molar-refractivity contribution < 1.29 is 38.4 Å². The molecule has 9 heteroatoms. The molecule has 9 nitrogen and oxygen atoms in total. The fraction of sp³-hybridized carbons (Fsp3) is 0.310. The van der Waals surface area contributed by atoms with Crippen molar-refractivity contribution in [3.63, 3.8) is 0 Å². The first-order chi connectivity index (χ1) is 18.5. The highest BCUT2D eigenvalue weighted by molar-refractivity contribution is 5.78. The first kappa shape index (κ1) is 25.3. The number of rotatable bonds is 11. The summed E-state index contributed by atoms with van der Waals surface area (Å²) in [6.07, 6.45) is 1.38. The number of carbonyl (C=O) groups is 2. The normalized spacial score (nSPS) is 18.9. The molecule has 198 valence electrons. The molecule has 2 aliphatic rings. The van der Waals surface area contributed by atoms with Gasteiger partial charge in [0.1, 0.15) is 17.2 Å². The Morgan fingerprint density at radius 1 is 0.974 bits per heavy atom. The van der Waals surface area contributed by atoms with E-state index < -0.39 is 23.7 Å². The van der Waals surface area contributed by atoms with Gasteiger partial charge in [-0.3, -0.25) is 9.59 Å². The Bertz CT molecular complexity index is 1340. The third-order valence-corrected chi connectivity index (χ3v) is 6.91. The Morgan fingerprint density at radius 3 is 2.53 bits per heavy atom. The number of hydrogen-bond acceptors (Lipinski definition) is 7. The van der Waals surface area contributed by atoms with Crippen molar-refractivity contribution in [2.75, 3.05) is 27.2 Å². The maximum Gasteiger partial charge on any atom is 0.308 e. The van der Waals surface area contributed by atoms with Gasteiger partial charge >= 0.3 is 5.97 Å². The highest BCUT2D eigenvalue weighted by Gasteiger charge is 2.48. The average molecular weight is 520 g/mol. The van der Waals surface area contributed by atoms with Gasteiger partial charge in [-0.05, 0) is 53.4 Å². The number of methoxy groups -OCH3 is 1. The van der Waals surface area contributed by atoms with Crippen molar-refractivity contribution in [1.82, 2.24) is 5.32 Å². The first-order valence-electron chi connectivity index (χ1n) is 12.4. The van der Waals surface area contributed by atoms with E-state index >= 15 is 0 Å². The average Bonchev–Trinajstić information content (AvgIpc) is 3.53. The number of aliphatic carboxylic acids is 1. The number of fused-ring (bicyclic) bond motifs is 2. The Morgan fingerprint density at radius 2 is 1.76 bits per heavy atom. The first-order valence-corrected chi connectivity index (χ1v) is 12.4. The maximum atomic E-state index is 13.0. The van der Waals surface area contributed by atoms with Crippen LogP contribution in [0.15, 0.2) is 54.6 Å². The lowest BCUT2D eigenvalue weighted by Crippen LogP contribution is -2.25. The van der Waals surface area contributed by atoms with Gasteiger partial charge in [0.15, 0.2) is 18.2 Å². The van der Waals surface area contributed by atoms with E-state index in [0.717, 1.165) is 23.1 Å². The molecule has 1 amide bonds. The summed E-state index contributed by atoms with van der Waals surface area (Å²) in [5.41, 5.74) is 3.21. The minimum atomic E-state index is -0.947. The molecule has 1 heterocycles. The molecule has 0 radical (unpaired) electrons. The van der Waals surface area contributed by atoms with Crippen molar-refractivity contribution >= 4 is 12.4 Å².